The number of nitrogens with zero attached hydrogens (tertiary/aromatic N) is 2. The van der Waals surface area contributed by atoms with E-state index < -0.39 is 5.60 Å². The first-order valence-corrected chi connectivity index (χ1v) is 5.83. The molecule has 0 aromatic carbocycles. The van der Waals surface area contributed by atoms with Crippen LogP contribution in [0.25, 0.3) is 0 Å². The van der Waals surface area contributed by atoms with Crippen LogP contribution in [0.5, 0.6) is 0 Å². The summed E-state index contributed by atoms with van der Waals surface area (Å²) in [4.78, 5) is 17.6. The van der Waals surface area contributed by atoms with Crippen molar-refractivity contribution in [1.82, 2.24) is 4.98 Å². The number of anilines is 1. The van der Waals surface area contributed by atoms with Crippen LogP contribution in [0.3, 0.4) is 0 Å². The van der Waals surface area contributed by atoms with E-state index in [2.05, 4.69) is 4.98 Å². The minimum atomic E-state index is -0.518. The van der Waals surface area contributed by atoms with Crippen molar-refractivity contribution in [3.63, 3.8) is 0 Å². The van der Waals surface area contributed by atoms with Gasteiger partial charge in [0.1, 0.15) is 5.60 Å². The first kappa shape index (κ1) is 14.4. The lowest BCUT2D eigenvalue weighted by Gasteiger charge is -2.27. The molecule has 1 rings (SSSR count). The van der Waals surface area contributed by atoms with E-state index in [4.69, 9.17) is 9.47 Å². The van der Waals surface area contributed by atoms with Gasteiger partial charge in [0, 0.05) is 19.5 Å². The van der Waals surface area contributed by atoms with E-state index in [-0.39, 0.29) is 6.09 Å². The van der Waals surface area contributed by atoms with Crippen LogP contribution >= 0.6 is 0 Å². The molecule has 0 radical (unpaired) electrons. The molecule has 1 heterocycles. The summed E-state index contributed by atoms with van der Waals surface area (Å²) in [7, 11) is 1.60. The van der Waals surface area contributed by atoms with Crippen LogP contribution in [0.15, 0.2) is 24.5 Å². The standard InChI is InChI=1S/C13H20N2O3/c1-13(2,3)18-12(16)15(9-10-17-4)11-5-7-14-8-6-11/h5-8H,9-10H2,1-4H3. The van der Waals surface area contributed by atoms with E-state index in [1.807, 2.05) is 20.8 Å². The van der Waals surface area contributed by atoms with Crippen molar-refractivity contribution in [3.05, 3.63) is 24.5 Å². The van der Waals surface area contributed by atoms with E-state index in [0.29, 0.717) is 13.2 Å². The summed E-state index contributed by atoms with van der Waals surface area (Å²) in [6.07, 6.45) is 2.89. The molecular formula is C13H20N2O3. The number of carbonyl (C=O) groups is 1. The van der Waals surface area contributed by atoms with Gasteiger partial charge in [-0.2, -0.15) is 0 Å². The maximum absolute atomic E-state index is 12.1. The number of carbonyl (C=O) groups excluding carboxylic acids is 1. The zero-order valence-corrected chi connectivity index (χ0v) is 11.3. The molecule has 5 nitrogen and oxygen atoms in total. The second kappa shape index (κ2) is 6.35. The third-order valence-electron chi connectivity index (χ3n) is 2.11. The van der Waals surface area contributed by atoms with Crippen LogP contribution in [0, 0.1) is 0 Å². The SMILES string of the molecule is COCCN(C(=O)OC(C)(C)C)c1ccncc1. The first-order valence-electron chi connectivity index (χ1n) is 5.83. The molecule has 100 valence electrons. The van der Waals surface area contributed by atoms with Crippen LogP contribution in [0.1, 0.15) is 20.8 Å². The monoisotopic (exact) mass is 252 g/mol. The van der Waals surface area contributed by atoms with Crippen LogP contribution in [0.4, 0.5) is 10.5 Å². The number of aromatic nitrogens is 1. The third kappa shape index (κ3) is 4.71. The van der Waals surface area contributed by atoms with Gasteiger partial charge in [-0.15, -0.1) is 0 Å². The van der Waals surface area contributed by atoms with Gasteiger partial charge in [0.2, 0.25) is 0 Å². The van der Waals surface area contributed by atoms with E-state index >= 15 is 0 Å². The van der Waals surface area contributed by atoms with Gasteiger partial charge >= 0.3 is 6.09 Å². The minimum Gasteiger partial charge on any atom is -0.443 e. The van der Waals surface area contributed by atoms with Gasteiger partial charge in [0.25, 0.3) is 0 Å². The van der Waals surface area contributed by atoms with Crippen molar-refractivity contribution in [3.8, 4) is 0 Å². The fourth-order valence-electron chi connectivity index (χ4n) is 1.35. The number of methoxy groups -OCH3 is 1. The van der Waals surface area contributed by atoms with Crippen LogP contribution in [-0.4, -0.2) is 36.9 Å². The molecule has 0 saturated carbocycles. The van der Waals surface area contributed by atoms with Crippen molar-refractivity contribution in [2.24, 2.45) is 0 Å². The first-order chi connectivity index (χ1) is 8.44. The molecule has 0 unspecified atom stereocenters. The summed E-state index contributed by atoms with van der Waals surface area (Å²) in [5.74, 6) is 0. The molecule has 18 heavy (non-hydrogen) atoms. The fourth-order valence-corrected chi connectivity index (χ4v) is 1.35. The van der Waals surface area contributed by atoms with Gasteiger partial charge in [-0.25, -0.2) is 4.79 Å². The number of rotatable bonds is 4. The Labute approximate surface area is 108 Å². The van der Waals surface area contributed by atoms with Gasteiger partial charge in [-0.3, -0.25) is 9.88 Å². The summed E-state index contributed by atoms with van der Waals surface area (Å²) >= 11 is 0. The normalized spacial score (nSPS) is 11.1. The molecule has 0 aliphatic rings. The van der Waals surface area contributed by atoms with Gasteiger partial charge in [0.15, 0.2) is 0 Å². The molecule has 0 N–H and O–H groups in total. The van der Waals surface area contributed by atoms with Gasteiger partial charge < -0.3 is 9.47 Å². The molecule has 0 spiro atoms. The van der Waals surface area contributed by atoms with Crippen molar-refractivity contribution in [2.75, 3.05) is 25.2 Å². The van der Waals surface area contributed by atoms with E-state index in [1.54, 1.807) is 31.6 Å². The highest BCUT2D eigenvalue weighted by Gasteiger charge is 2.23. The average Bonchev–Trinajstić information content (AvgIpc) is 2.28. The molecule has 0 aliphatic heterocycles. The number of hydrogen-bond donors (Lipinski definition) is 0. The lowest BCUT2D eigenvalue weighted by atomic mass is 10.2. The summed E-state index contributed by atoms with van der Waals surface area (Å²) in [5.41, 5.74) is 0.228. The molecule has 1 aromatic rings. The number of hydrogen-bond acceptors (Lipinski definition) is 4. The smallest absolute Gasteiger partial charge is 0.414 e. The summed E-state index contributed by atoms with van der Waals surface area (Å²) in [6.45, 7) is 6.40. The Kier molecular flexibility index (Phi) is 5.09. The predicted molar refractivity (Wildman–Crippen MR) is 69.7 cm³/mol. The largest absolute Gasteiger partial charge is 0.443 e. The molecule has 0 fully saturated rings. The Hall–Kier alpha value is -1.62. The molecule has 1 amide bonds. The maximum atomic E-state index is 12.1. The predicted octanol–water partition coefficient (Wildman–Crippen LogP) is 2.47. The highest BCUT2D eigenvalue weighted by molar-refractivity contribution is 5.87. The summed E-state index contributed by atoms with van der Waals surface area (Å²) in [5, 5.41) is 0. The molecule has 0 saturated heterocycles. The fraction of sp³-hybridized carbons (Fsp3) is 0.538. The van der Waals surface area contributed by atoms with Crippen molar-refractivity contribution >= 4 is 11.8 Å². The second-order valence-electron chi connectivity index (χ2n) is 4.83. The topological polar surface area (TPSA) is 51.7 Å². The number of amides is 1. The highest BCUT2D eigenvalue weighted by atomic mass is 16.6. The molecule has 1 aromatic heterocycles. The van der Waals surface area contributed by atoms with Crippen LogP contribution in [-0.2, 0) is 9.47 Å². The van der Waals surface area contributed by atoms with Crippen LogP contribution in [0.2, 0.25) is 0 Å². The van der Waals surface area contributed by atoms with Crippen LogP contribution < -0.4 is 4.90 Å². The second-order valence-corrected chi connectivity index (χ2v) is 4.83. The maximum Gasteiger partial charge on any atom is 0.414 e. The lowest BCUT2D eigenvalue weighted by molar-refractivity contribution is 0.0569. The van der Waals surface area contributed by atoms with E-state index in [0.717, 1.165) is 5.69 Å². The molecule has 0 atom stereocenters. The lowest BCUT2D eigenvalue weighted by Crippen LogP contribution is -2.38. The Bertz CT molecular complexity index is 374. The number of pyridine rings is 1. The van der Waals surface area contributed by atoms with Gasteiger partial charge in [0.05, 0.1) is 18.8 Å². The molecule has 5 heteroatoms. The Balaban J connectivity index is 2.82. The van der Waals surface area contributed by atoms with Gasteiger partial charge in [-0.05, 0) is 32.9 Å². The highest BCUT2D eigenvalue weighted by Crippen LogP contribution is 2.16. The van der Waals surface area contributed by atoms with Gasteiger partial charge in [-0.1, -0.05) is 0 Å². The van der Waals surface area contributed by atoms with Crippen molar-refractivity contribution < 1.29 is 14.3 Å². The Morgan fingerprint density at radius 2 is 1.94 bits per heavy atom. The zero-order valence-electron chi connectivity index (χ0n) is 11.3. The Morgan fingerprint density at radius 1 is 1.33 bits per heavy atom. The Morgan fingerprint density at radius 3 is 2.44 bits per heavy atom. The minimum absolute atomic E-state index is 0.384. The molecule has 0 bridgehead atoms. The quantitative estimate of drug-likeness (QED) is 0.826. The third-order valence-corrected chi connectivity index (χ3v) is 2.11. The van der Waals surface area contributed by atoms with E-state index in [9.17, 15) is 4.79 Å². The molecular weight excluding hydrogens is 232 g/mol. The average molecular weight is 252 g/mol. The van der Waals surface area contributed by atoms with E-state index in [1.165, 1.54) is 4.90 Å². The zero-order chi connectivity index (χ0) is 13.6. The van der Waals surface area contributed by atoms with Crippen molar-refractivity contribution in [2.45, 2.75) is 26.4 Å². The van der Waals surface area contributed by atoms with Crippen molar-refractivity contribution in [1.29, 1.82) is 0 Å². The molecule has 0 aliphatic carbocycles. The summed E-state index contributed by atoms with van der Waals surface area (Å²) in [6, 6.07) is 3.53. The number of ether oxygens (including phenoxy) is 2. The summed E-state index contributed by atoms with van der Waals surface area (Å²) < 4.78 is 10.4.